The summed E-state index contributed by atoms with van der Waals surface area (Å²) in [5.74, 6) is 0.456. The van der Waals surface area contributed by atoms with Gasteiger partial charge in [0.1, 0.15) is 0 Å². The first-order valence-corrected chi connectivity index (χ1v) is 9.08. The van der Waals surface area contributed by atoms with Crippen LogP contribution in [-0.2, 0) is 11.2 Å². The number of aliphatic hydroxyl groups excluding tert-OH is 2. The fourth-order valence-corrected chi connectivity index (χ4v) is 3.78. The number of thiazole rings is 1. The summed E-state index contributed by atoms with van der Waals surface area (Å²) in [5.41, 5.74) is 0.831. The van der Waals surface area contributed by atoms with Gasteiger partial charge in [0.15, 0.2) is 0 Å². The number of hydrogen-bond donors (Lipinski definition) is 2. The quantitative estimate of drug-likeness (QED) is 0.715. The van der Waals surface area contributed by atoms with Crippen molar-refractivity contribution >= 4 is 17.2 Å². The molecule has 1 aliphatic rings. The average Bonchev–Trinajstić information content (AvgIpc) is 3.12. The van der Waals surface area contributed by atoms with Gasteiger partial charge in [-0.25, -0.2) is 4.98 Å². The van der Waals surface area contributed by atoms with Gasteiger partial charge in [0.05, 0.1) is 23.7 Å². The Bertz CT molecular complexity index is 509. The van der Waals surface area contributed by atoms with Crippen LogP contribution >= 0.6 is 11.3 Å². The molecule has 7 heteroatoms. The molecule has 1 aliphatic heterocycles. The van der Waals surface area contributed by atoms with Gasteiger partial charge in [0.2, 0.25) is 5.91 Å². The van der Waals surface area contributed by atoms with E-state index in [0.29, 0.717) is 26.1 Å². The molecule has 6 nitrogen and oxygen atoms in total. The van der Waals surface area contributed by atoms with E-state index >= 15 is 0 Å². The maximum atomic E-state index is 12.5. The molecule has 1 saturated heterocycles. The first-order chi connectivity index (χ1) is 11.1. The van der Waals surface area contributed by atoms with Crippen LogP contribution in [0.2, 0.25) is 0 Å². The zero-order chi connectivity index (χ0) is 16.8. The number of nitrogens with zero attached hydrogens (tertiary/aromatic N) is 3. The van der Waals surface area contributed by atoms with Crippen molar-refractivity contribution in [1.82, 2.24) is 14.8 Å². The Labute approximate surface area is 141 Å². The number of likely N-dealkylation sites (tertiary alicyclic amines) is 1. The second-order valence-corrected chi connectivity index (χ2v) is 7.22. The number of hydrogen-bond acceptors (Lipinski definition) is 6. The molecule has 0 spiro atoms. The molecule has 0 bridgehead atoms. The molecule has 1 aromatic heterocycles. The SMILES string of the molecule is CCN(CCO)C[C@@H]1CN(C(=O)Cc2csc(C)n2)C[C@@H]1CO. The molecule has 130 valence electrons. The van der Waals surface area contributed by atoms with E-state index in [1.54, 1.807) is 11.3 Å². The maximum Gasteiger partial charge on any atom is 0.228 e. The topological polar surface area (TPSA) is 76.9 Å². The molecule has 0 unspecified atom stereocenters. The molecule has 1 amide bonds. The number of aryl methyl sites for hydroxylation is 1. The van der Waals surface area contributed by atoms with Crippen molar-refractivity contribution in [3.8, 4) is 0 Å². The summed E-state index contributed by atoms with van der Waals surface area (Å²) in [4.78, 5) is 20.8. The van der Waals surface area contributed by atoms with E-state index in [-0.39, 0.29) is 31.0 Å². The van der Waals surface area contributed by atoms with Crippen LogP contribution in [0.4, 0.5) is 0 Å². The van der Waals surface area contributed by atoms with Crippen molar-refractivity contribution in [1.29, 1.82) is 0 Å². The number of carbonyl (C=O) groups excluding carboxylic acids is 1. The minimum absolute atomic E-state index is 0.0847. The fourth-order valence-electron chi connectivity index (χ4n) is 3.16. The molecule has 2 rings (SSSR count). The van der Waals surface area contributed by atoms with Gasteiger partial charge < -0.3 is 20.0 Å². The molecule has 0 saturated carbocycles. The molecule has 23 heavy (non-hydrogen) atoms. The number of rotatable bonds is 8. The van der Waals surface area contributed by atoms with Crippen molar-refractivity contribution in [3.63, 3.8) is 0 Å². The maximum absolute atomic E-state index is 12.5. The van der Waals surface area contributed by atoms with Crippen molar-refractivity contribution < 1.29 is 15.0 Å². The van der Waals surface area contributed by atoms with Gasteiger partial charge in [0.25, 0.3) is 0 Å². The summed E-state index contributed by atoms with van der Waals surface area (Å²) < 4.78 is 0. The Morgan fingerprint density at radius 3 is 2.74 bits per heavy atom. The van der Waals surface area contributed by atoms with E-state index in [0.717, 1.165) is 23.8 Å². The van der Waals surface area contributed by atoms with Crippen molar-refractivity contribution in [3.05, 3.63) is 16.1 Å². The highest BCUT2D eigenvalue weighted by atomic mass is 32.1. The molecular formula is C16H27N3O3S. The van der Waals surface area contributed by atoms with Gasteiger partial charge in [-0.15, -0.1) is 11.3 Å². The summed E-state index contributed by atoms with van der Waals surface area (Å²) >= 11 is 1.56. The third kappa shape index (κ3) is 4.97. The largest absolute Gasteiger partial charge is 0.396 e. The summed E-state index contributed by atoms with van der Waals surface area (Å²) in [6.07, 6.45) is 0.337. The third-order valence-corrected chi connectivity index (χ3v) is 5.34. The average molecular weight is 341 g/mol. The molecule has 0 aliphatic carbocycles. The minimum Gasteiger partial charge on any atom is -0.396 e. The van der Waals surface area contributed by atoms with Crippen LogP contribution in [0.5, 0.6) is 0 Å². The Kier molecular flexibility index (Phi) is 6.95. The van der Waals surface area contributed by atoms with E-state index in [1.807, 2.05) is 17.2 Å². The van der Waals surface area contributed by atoms with E-state index in [2.05, 4.69) is 16.8 Å². The number of aliphatic hydroxyl groups is 2. The number of amides is 1. The van der Waals surface area contributed by atoms with Gasteiger partial charge in [0, 0.05) is 44.1 Å². The summed E-state index contributed by atoms with van der Waals surface area (Å²) in [7, 11) is 0. The van der Waals surface area contributed by atoms with Crippen LogP contribution in [0, 0.1) is 18.8 Å². The molecule has 1 fully saturated rings. The lowest BCUT2D eigenvalue weighted by Gasteiger charge is -2.25. The first kappa shape index (κ1) is 18.3. The molecule has 2 atom stereocenters. The molecular weight excluding hydrogens is 314 g/mol. The highest BCUT2D eigenvalue weighted by Gasteiger charge is 2.35. The van der Waals surface area contributed by atoms with E-state index in [9.17, 15) is 9.90 Å². The fraction of sp³-hybridized carbons (Fsp3) is 0.750. The predicted octanol–water partition coefficient (Wildman–Crippen LogP) is 0.375. The van der Waals surface area contributed by atoms with Crippen LogP contribution in [0.15, 0.2) is 5.38 Å². The predicted molar refractivity (Wildman–Crippen MR) is 90.4 cm³/mol. The van der Waals surface area contributed by atoms with Gasteiger partial charge in [-0.1, -0.05) is 6.92 Å². The van der Waals surface area contributed by atoms with Crippen LogP contribution < -0.4 is 0 Å². The summed E-state index contributed by atoms with van der Waals surface area (Å²) in [6.45, 7) is 7.82. The lowest BCUT2D eigenvalue weighted by Crippen LogP contribution is -2.36. The lowest BCUT2D eigenvalue weighted by molar-refractivity contribution is -0.129. The van der Waals surface area contributed by atoms with Crippen LogP contribution in [0.25, 0.3) is 0 Å². The second kappa shape index (κ2) is 8.73. The van der Waals surface area contributed by atoms with Crippen molar-refractivity contribution in [2.45, 2.75) is 20.3 Å². The van der Waals surface area contributed by atoms with Gasteiger partial charge in [-0.2, -0.15) is 0 Å². The molecule has 2 N–H and O–H groups in total. The van der Waals surface area contributed by atoms with Crippen LogP contribution in [-0.4, -0.2) is 76.8 Å². The van der Waals surface area contributed by atoms with Crippen LogP contribution in [0.3, 0.4) is 0 Å². The van der Waals surface area contributed by atoms with Gasteiger partial charge >= 0.3 is 0 Å². The first-order valence-electron chi connectivity index (χ1n) is 8.20. The number of carbonyl (C=O) groups is 1. The Morgan fingerprint density at radius 1 is 1.43 bits per heavy atom. The second-order valence-electron chi connectivity index (χ2n) is 6.15. The standard InChI is InChI=1S/C16H27N3O3S/c1-3-18(4-5-20)7-13-8-19(9-14(13)10-21)16(22)6-15-11-23-12(2)17-15/h11,13-14,20-21H,3-10H2,1-2H3/t13-,14-/m1/s1. The molecule has 0 aromatic carbocycles. The van der Waals surface area contributed by atoms with Gasteiger partial charge in [-0.05, 0) is 19.4 Å². The zero-order valence-corrected chi connectivity index (χ0v) is 14.8. The Hall–Kier alpha value is -1.02. The van der Waals surface area contributed by atoms with Gasteiger partial charge in [-0.3, -0.25) is 4.79 Å². The summed E-state index contributed by atoms with van der Waals surface area (Å²) in [6, 6.07) is 0. The monoisotopic (exact) mass is 341 g/mol. The normalized spacial score (nSPS) is 21.3. The van der Waals surface area contributed by atoms with Crippen LogP contribution in [0.1, 0.15) is 17.6 Å². The number of aromatic nitrogens is 1. The molecule has 2 heterocycles. The smallest absolute Gasteiger partial charge is 0.228 e. The van der Waals surface area contributed by atoms with E-state index in [1.165, 1.54) is 0 Å². The zero-order valence-electron chi connectivity index (χ0n) is 13.9. The third-order valence-electron chi connectivity index (χ3n) is 4.52. The highest BCUT2D eigenvalue weighted by molar-refractivity contribution is 7.09. The van der Waals surface area contributed by atoms with Crippen molar-refractivity contribution in [2.24, 2.45) is 11.8 Å². The molecule has 0 radical (unpaired) electrons. The van der Waals surface area contributed by atoms with Crippen molar-refractivity contribution in [2.75, 3.05) is 45.9 Å². The lowest BCUT2D eigenvalue weighted by atomic mass is 9.96. The summed E-state index contributed by atoms with van der Waals surface area (Å²) in [5, 5.41) is 21.6. The van der Waals surface area contributed by atoms with E-state index < -0.39 is 0 Å². The number of likely N-dealkylation sites (N-methyl/N-ethyl adjacent to an activating group) is 1. The Balaban J connectivity index is 1.93. The van der Waals surface area contributed by atoms with E-state index in [4.69, 9.17) is 5.11 Å². The Morgan fingerprint density at radius 2 is 2.17 bits per heavy atom. The molecule has 1 aromatic rings. The highest BCUT2D eigenvalue weighted by Crippen LogP contribution is 2.25. The minimum atomic E-state index is 0.0847.